The number of hydrogen-bond acceptors (Lipinski definition) is 5. The van der Waals surface area contributed by atoms with Crippen molar-refractivity contribution >= 4 is 5.91 Å². The lowest BCUT2D eigenvalue weighted by atomic mass is 9.95. The van der Waals surface area contributed by atoms with E-state index < -0.39 is 5.54 Å². The van der Waals surface area contributed by atoms with Gasteiger partial charge in [0, 0.05) is 13.0 Å². The summed E-state index contributed by atoms with van der Waals surface area (Å²) in [5, 5.41) is 3.13. The van der Waals surface area contributed by atoms with E-state index in [0.29, 0.717) is 12.2 Å². The Balaban J connectivity index is 1.69. The number of amides is 1. The molecule has 0 radical (unpaired) electrons. The van der Waals surface area contributed by atoms with Gasteiger partial charge < -0.3 is 19.8 Å². The molecule has 2 heterocycles. The van der Waals surface area contributed by atoms with Crippen molar-refractivity contribution < 1.29 is 14.3 Å². The van der Waals surface area contributed by atoms with Gasteiger partial charge in [-0.25, -0.2) is 4.98 Å². The average Bonchev–Trinajstić information content (AvgIpc) is 3.25. The molecule has 1 aliphatic heterocycles. The van der Waals surface area contributed by atoms with Gasteiger partial charge in [-0.05, 0) is 32.1 Å². The molecule has 0 aromatic carbocycles. The first-order valence-electron chi connectivity index (χ1n) is 8.69. The van der Waals surface area contributed by atoms with E-state index in [2.05, 4.69) is 15.3 Å². The van der Waals surface area contributed by atoms with Crippen LogP contribution in [0, 0.1) is 0 Å². The van der Waals surface area contributed by atoms with Crippen LogP contribution in [-0.2, 0) is 15.1 Å². The van der Waals surface area contributed by atoms with Crippen LogP contribution in [0.3, 0.4) is 0 Å². The fraction of sp³-hybridized carbons (Fsp3) is 0.706. The van der Waals surface area contributed by atoms with E-state index >= 15 is 0 Å². The van der Waals surface area contributed by atoms with Crippen LogP contribution in [0.1, 0.15) is 57.2 Å². The lowest BCUT2D eigenvalue weighted by Gasteiger charge is -2.29. The monoisotopic (exact) mass is 335 g/mol. The van der Waals surface area contributed by atoms with E-state index in [-0.39, 0.29) is 23.3 Å². The highest BCUT2D eigenvalue weighted by Crippen LogP contribution is 2.37. The van der Waals surface area contributed by atoms with Crippen LogP contribution in [0.2, 0.25) is 0 Å². The van der Waals surface area contributed by atoms with E-state index in [1.165, 1.54) is 13.3 Å². The fourth-order valence-electron chi connectivity index (χ4n) is 3.66. The maximum Gasteiger partial charge on any atom is 0.293 e. The molecule has 1 amide bonds. The lowest BCUT2D eigenvalue weighted by Crippen LogP contribution is -2.46. The number of aromatic amines is 1. The van der Waals surface area contributed by atoms with Crippen LogP contribution in [0.4, 0.5) is 0 Å². The van der Waals surface area contributed by atoms with E-state index in [0.717, 1.165) is 51.6 Å². The number of nitrogens with one attached hydrogen (secondary N) is 2. The van der Waals surface area contributed by atoms with Gasteiger partial charge >= 0.3 is 0 Å². The van der Waals surface area contributed by atoms with E-state index in [4.69, 9.17) is 9.47 Å². The predicted molar refractivity (Wildman–Crippen MR) is 87.9 cm³/mol. The minimum Gasteiger partial charge on any atom is -0.490 e. The number of aromatic nitrogens is 2. The van der Waals surface area contributed by atoms with Crippen molar-refractivity contribution in [3.8, 4) is 5.75 Å². The highest BCUT2D eigenvalue weighted by molar-refractivity contribution is 5.77. The Morgan fingerprint density at radius 1 is 1.46 bits per heavy atom. The maximum atomic E-state index is 12.4. The summed E-state index contributed by atoms with van der Waals surface area (Å²) in [6.45, 7) is 0.799. The summed E-state index contributed by atoms with van der Waals surface area (Å²) < 4.78 is 10.5. The molecule has 2 aliphatic rings. The second-order valence-corrected chi connectivity index (χ2v) is 6.64. The van der Waals surface area contributed by atoms with E-state index in [1.807, 2.05) is 0 Å². The van der Waals surface area contributed by atoms with Gasteiger partial charge in [-0.2, -0.15) is 0 Å². The Hall–Kier alpha value is -1.89. The third-order valence-electron chi connectivity index (χ3n) is 4.99. The molecule has 0 bridgehead atoms. The highest BCUT2D eigenvalue weighted by Gasteiger charge is 2.39. The van der Waals surface area contributed by atoms with Crippen LogP contribution in [0.15, 0.2) is 11.0 Å². The van der Waals surface area contributed by atoms with Crippen molar-refractivity contribution in [1.82, 2.24) is 15.3 Å². The number of carbonyl (C=O) groups excluding carboxylic acids is 1. The summed E-state index contributed by atoms with van der Waals surface area (Å²) in [6, 6.07) is 0. The van der Waals surface area contributed by atoms with Crippen LogP contribution in [0.5, 0.6) is 5.75 Å². The zero-order chi connectivity index (χ0) is 17.0. The Kier molecular flexibility index (Phi) is 5.18. The number of rotatable bonds is 6. The summed E-state index contributed by atoms with van der Waals surface area (Å²) in [7, 11) is 1.43. The summed E-state index contributed by atoms with van der Waals surface area (Å²) in [6.07, 6.45) is 8.49. The molecule has 132 valence electrons. The normalized spacial score (nSPS) is 22.5. The molecule has 1 aromatic heterocycles. The van der Waals surface area contributed by atoms with Crippen LogP contribution < -0.4 is 15.6 Å². The first kappa shape index (κ1) is 17.0. The molecule has 7 nitrogen and oxygen atoms in total. The molecule has 1 unspecified atom stereocenters. The second-order valence-electron chi connectivity index (χ2n) is 6.64. The van der Waals surface area contributed by atoms with Gasteiger partial charge in [-0.3, -0.25) is 9.59 Å². The molecule has 1 saturated carbocycles. The number of methoxy groups -OCH3 is 1. The number of carbonyl (C=O) groups is 1. The molecule has 1 saturated heterocycles. The standard InChI is InChI=1S/C17H25N3O4/c1-23-13-11-18-16(19-15(13)22)17(8-2-3-9-17)20-14(21)7-6-12-5-4-10-24-12/h11-12H,2-10H2,1H3,(H,20,21)(H,18,19,22). The number of hydrogen-bond donors (Lipinski definition) is 2. The number of nitrogens with zero attached hydrogens (tertiary/aromatic N) is 1. The van der Waals surface area contributed by atoms with Crippen LogP contribution in [0.25, 0.3) is 0 Å². The molecule has 2 fully saturated rings. The minimum atomic E-state index is -0.570. The maximum absolute atomic E-state index is 12.4. The van der Waals surface area contributed by atoms with Crippen molar-refractivity contribution in [1.29, 1.82) is 0 Å². The van der Waals surface area contributed by atoms with Gasteiger partial charge in [-0.15, -0.1) is 0 Å². The topological polar surface area (TPSA) is 93.3 Å². The number of H-pyrrole nitrogens is 1. The van der Waals surface area contributed by atoms with Gasteiger partial charge in [0.05, 0.1) is 24.9 Å². The Labute approximate surface area is 141 Å². The van der Waals surface area contributed by atoms with Crippen molar-refractivity contribution in [3.63, 3.8) is 0 Å². The van der Waals surface area contributed by atoms with Crippen LogP contribution >= 0.6 is 0 Å². The molecular formula is C17H25N3O4. The SMILES string of the molecule is COc1cnc(C2(NC(=O)CCC3CCCO3)CCCC2)[nH]c1=O. The third-order valence-corrected chi connectivity index (χ3v) is 4.99. The average molecular weight is 335 g/mol. The van der Waals surface area contributed by atoms with Gasteiger partial charge in [0.25, 0.3) is 5.56 Å². The number of ether oxygens (including phenoxy) is 2. The molecule has 24 heavy (non-hydrogen) atoms. The third kappa shape index (κ3) is 3.61. The first-order valence-corrected chi connectivity index (χ1v) is 8.69. The second kappa shape index (κ2) is 7.34. The molecule has 2 N–H and O–H groups in total. The van der Waals surface area contributed by atoms with Crippen LogP contribution in [-0.4, -0.2) is 35.7 Å². The van der Waals surface area contributed by atoms with E-state index in [1.54, 1.807) is 0 Å². The summed E-state index contributed by atoms with van der Waals surface area (Å²) in [4.78, 5) is 31.6. The molecule has 1 aliphatic carbocycles. The first-order chi connectivity index (χ1) is 11.6. The van der Waals surface area contributed by atoms with Gasteiger partial charge in [-0.1, -0.05) is 12.8 Å². The smallest absolute Gasteiger partial charge is 0.293 e. The van der Waals surface area contributed by atoms with Crippen molar-refractivity contribution in [2.75, 3.05) is 13.7 Å². The lowest BCUT2D eigenvalue weighted by molar-refractivity contribution is -0.123. The fourth-order valence-corrected chi connectivity index (χ4v) is 3.66. The quantitative estimate of drug-likeness (QED) is 0.824. The van der Waals surface area contributed by atoms with Crippen molar-refractivity contribution in [2.45, 2.75) is 63.0 Å². The van der Waals surface area contributed by atoms with E-state index in [9.17, 15) is 9.59 Å². The molecule has 0 spiro atoms. The minimum absolute atomic E-state index is 0.00846. The Morgan fingerprint density at radius 3 is 2.88 bits per heavy atom. The zero-order valence-electron chi connectivity index (χ0n) is 14.1. The van der Waals surface area contributed by atoms with Crippen molar-refractivity contribution in [3.05, 3.63) is 22.4 Å². The van der Waals surface area contributed by atoms with Gasteiger partial charge in [0.15, 0.2) is 0 Å². The van der Waals surface area contributed by atoms with Gasteiger partial charge in [0.2, 0.25) is 11.7 Å². The molecule has 7 heteroatoms. The molecule has 3 rings (SSSR count). The summed E-state index contributed by atoms with van der Waals surface area (Å²) >= 11 is 0. The Bertz CT molecular complexity index is 631. The molecule has 1 atom stereocenters. The predicted octanol–water partition coefficient (Wildman–Crippen LogP) is 1.62. The highest BCUT2D eigenvalue weighted by atomic mass is 16.5. The Morgan fingerprint density at radius 2 is 2.25 bits per heavy atom. The summed E-state index contributed by atoms with van der Waals surface area (Å²) in [5.41, 5.74) is -0.888. The molecular weight excluding hydrogens is 310 g/mol. The zero-order valence-corrected chi connectivity index (χ0v) is 14.1. The largest absolute Gasteiger partial charge is 0.490 e. The van der Waals surface area contributed by atoms with Gasteiger partial charge in [0.1, 0.15) is 5.82 Å². The summed E-state index contributed by atoms with van der Waals surface area (Å²) in [5.74, 6) is 0.693. The van der Waals surface area contributed by atoms with Crippen molar-refractivity contribution in [2.24, 2.45) is 0 Å². The molecule has 1 aromatic rings.